The predicted molar refractivity (Wildman–Crippen MR) is 49.9 cm³/mol. The van der Waals surface area contributed by atoms with E-state index in [1.807, 2.05) is 0 Å². The quantitative estimate of drug-likeness (QED) is 0.557. The second kappa shape index (κ2) is 3.68. The Morgan fingerprint density at radius 2 is 1.67 bits per heavy atom. The van der Waals surface area contributed by atoms with E-state index in [-0.39, 0.29) is 0 Å². The van der Waals surface area contributed by atoms with Crippen LogP contribution in [0.4, 0.5) is 0 Å². The van der Waals surface area contributed by atoms with Gasteiger partial charge in [-0.05, 0) is 12.2 Å². The molecule has 0 aliphatic heterocycles. The molecule has 1 rings (SSSR count). The number of hydrogen-bond acceptors (Lipinski definition) is 5. The van der Waals surface area contributed by atoms with Gasteiger partial charge in [0.25, 0.3) is 20.2 Å². The van der Waals surface area contributed by atoms with Gasteiger partial charge in [0.1, 0.15) is 0 Å². The minimum atomic E-state index is -4.60. The molecule has 0 bridgehead atoms. The van der Waals surface area contributed by atoms with Gasteiger partial charge in [0, 0.05) is 6.42 Å². The molecule has 1 unspecified atom stereocenters. The van der Waals surface area contributed by atoms with Crippen molar-refractivity contribution in [2.24, 2.45) is 0 Å². The van der Waals surface area contributed by atoms with E-state index in [0.717, 1.165) is 6.08 Å². The minimum Gasteiger partial charge on any atom is -0.389 e. The number of aliphatic hydroxyl groups is 1. The van der Waals surface area contributed by atoms with Crippen LogP contribution < -0.4 is 0 Å². The molecule has 0 saturated carbocycles. The average molecular weight is 256 g/mol. The van der Waals surface area contributed by atoms with Gasteiger partial charge in [-0.25, -0.2) is 0 Å². The summed E-state index contributed by atoms with van der Waals surface area (Å²) in [7, 11) is -9.17. The zero-order valence-corrected chi connectivity index (χ0v) is 8.86. The molecule has 1 aliphatic rings. The van der Waals surface area contributed by atoms with Crippen LogP contribution in [0.1, 0.15) is 6.42 Å². The molecule has 0 radical (unpaired) electrons. The van der Waals surface area contributed by atoms with Crippen LogP contribution in [0.5, 0.6) is 0 Å². The second-order valence-corrected chi connectivity index (χ2v) is 5.80. The summed E-state index contributed by atoms with van der Waals surface area (Å²) in [6.45, 7) is 0. The smallest absolute Gasteiger partial charge is 0.294 e. The molecule has 1 atom stereocenters. The van der Waals surface area contributed by atoms with Crippen LogP contribution in [0.2, 0.25) is 0 Å². The molecule has 3 N–H and O–H groups in total. The molecule has 0 aromatic rings. The van der Waals surface area contributed by atoms with E-state index in [0.29, 0.717) is 6.08 Å². The van der Waals surface area contributed by atoms with Crippen molar-refractivity contribution in [3.63, 3.8) is 0 Å². The fourth-order valence-electron chi connectivity index (χ4n) is 1.06. The van der Waals surface area contributed by atoms with Crippen LogP contribution in [0.15, 0.2) is 22.0 Å². The van der Waals surface area contributed by atoms with Crippen molar-refractivity contribution in [1.29, 1.82) is 0 Å². The maximum atomic E-state index is 10.7. The highest BCUT2D eigenvalue weighted by Gasteiger charge is 2.26. The first-order valence-electron chi connectivity index (χ1n) is 3.66. The molecule has 9 heteroatoms. The second-order valence-electron chi connectivity index (χ2n) is 2.90. The van der Waals surface area contributed by atoms with Crippen LogP contribution in [0.25, 0.3) is 0 Å². The SMILES string of the molecule is O=S(=O)(O)C1=CC(O)CC(S(=O)(=O)O)=C1. The van der Waals surface area contributed by atoms with Gasteiger partial charge in [-0.3, -0.25) is 9.11 Å². The lowest BCUT2D eigenvalue weighted by Gasteiger charge is -2.14. The molecule has 0 spiro atoms. The van der Waals surface area contributed by atoms with Gasteiger partial charge in [0.2, 0.25) is 0 Å². The molecule has 15 heavy (non-hydrogen) atoms. The Morgan fingerprint density at radius 3 is 2.07 bits per heavy atom. The summed E-state index contributed by atoms with van der Waals surface area (Å²) in [5, 5.41) is 9.11. The normalized spacial score (nSPS) is 23.3. The first-order valence-corrected chi connectivity index (χ1v) is 6.54. The Morgan fingerprint density at radius 1 is 1.13 bits per heavy atom. The standard InChI is InChI=1S/C6H8O7S2/c7-4-1-5(14(8,9)10)3-6(2-4)15(11,12)13/h1,3-4,7H,2H2,(H,8,9,10)(H,11,12,13). The summed E-state index contributed by atoms with van der Waals surface area (Å²) in [5.74, 6) is 0. The molecule has 86 valence electrons. The van der Waals surface area contributed by atoms with E-state index < -0.39 is 42.6 Å². The highest BCUT2D eigenvalue weighted by Crippen LogP contribution is 2.24. The lowest BCUT2D eigenvalue weighted by Crippen LogP contribution is -2.17. The van der Waals surface area contributed by atoms with Gasteiger partial charge in [-0.2, -0.15) is 16.8 Å². The van der Waals surface area contributed by atoms with Gasteiger partial charge in [0.15, 0.2) is 0 Å². The molecule has 0 fully saturated rings. The first-order chi connectivity index (χ1) is 6.60. The molecule has 0 amide bonds. The van der Waals surface area contributed by atoms with Crippen molar-refractivity contribution in [2.75, 3.05) is 0 Å². The summed E-state index contributed by atoms with van der Waals surface area (Å²) >= 11 is 0. The lowest BCUT2D eigenvalue weighted by atomic mass is 10.1. The van der Waals surface area contributed by atoms with Crippen LogP contribution in [0, 0.1) is 0 Å². The minimum absolute atomic E-state index is 0.433. The van der Waals surface area contributed by atoms with Gasteiger partial charge in [-0.15, -0.1) is 0 Å². The molecule has 0 aromatic carbocycles. The zero-order chi connectivity index (χ0) is 11.9. The first kappa shape index (κ1) is 12.3. The number of hydrogen-bond donors (Lipinski definition) is 3. The van der Waals surface area contributed by atoms with E-state index in [1.165, 1.54) is 0 Å². The van der Waals surface area contributed by atoms with E-state index in [4.69, 9.17) is 14.2 Å². The van der Waals surface area contributed by atoms with E-state index in [2.05, 4.69) is 0 Å². The molecule has 0 heterocycles. The van der Waals surface area contributed by atoms with Crippen molar-refractivity contribution < 1.29 is 31.0 Å². The highest BCUT2D eigenvalue weighted by molar-refractivity contribution is 7.91. The largest absolute Gasteiger partial charge is 0.389 e. The van der Waals surface area contributed by atoms with Gasteiger partial charge >= 0.3 is 0 Å². The van der Waals surface area contributed by atoms with E-state index in [9.17, 15) is 16.8 Å². The summed E-state index contributed by atoms with van der Waals surface area (Å²) in [6, 6.07) is 0. The molecular formula is C6H8O7S2. The van der Waals surface area contributed by atoms with Crippen LogP contribution in [-0.4, -0.2) is 37.2 Å². The summed E-state index contributed by atoms with van der Waals surface area (Å²) < 4.78 is 59.9. The van der Waals surface area contributed by atoms with Crippen molar-refractivity contribution >= 4 is 20.2 Å². The monoisotopic (exact) mass is 256 g/mol. The highest BCUT2D eigenvalue weighted by atomic mass is 32.2. The van der Waals surface area contributed by atoms with E-state index >= 15 is 0 Å². The maximum absolute atomic E-state index is 10.7. The molecule has 0 saturated heterocycles. The lowest BCUT2D eigenvalue weighted by molar-refractivity contribution is 0.223. The van der Waals surface area contributed by atoms with Crippen molar-refractivity contribution in [2.45, 2.75) is 12.5 Å². The average Bonchev–Trinajstić information content (AvgIpc) is 1.99. The van der Waals surface area contributed by atoms with Gasteiger partial charge in [-0.1, -0.05) is 0 Å². The number of allylic oxidation sites excluding steroid dienone is 1. The molecule has 7 nitrogen and oxygen atoms in total. The Balaban J connectivity index is 3.29. The van der Waals surface area contributed by atoms with Crippen LogP contribution in [-0.2, 0) is 20.2 Å². The third-order valence-electron chi connectivity index (χ3n) is 1.70. The zero-order valence-electron chi connectivity index (χ0n) is 7.23. The third-order valence-corrected chi connectivity index (χ3v) is 3.50. The van der Waals surface area contributed by atoms with E-state index in [1.54, 1.807) is 0 Å². The summed E-state index contributed by atoms with van der Waals surface area (Å²) in [6.07, 6.45) is -0.442. The Kier molecular flexibility index (Phi) is 3.03. The fraction of sp³-hybridized carbons (Fsp3) is 0.333. The number of rotatable bonds is 2. The van der Waals surface area contributed by atoms with Crippen LogP contribution in [0.3, 0.4) is 0 Å². The Bertz CT molecular complexity index is 522. The van der Waals surface area contributed by atoms with Crippen molar-refractivity contribution in [3.8, 4) is 0 Å². The third kappa shape index (κ3) is 3.11. The molecule has 0 aromatic heterocycles. The summed E-state index contributed by atoms with van der Waals surface area (Å²) in [4.78, 5) is -1.42. The predicted octanol–water partition coefficient (Wildman–Crippen LogP) is -0.706. The van der Waals surface area contributed by atoms with Gasteiger partial charge < -0.3 is 5.11 Å². The van der Waals surface area contributed by atoms with Gasteiger partial charge in [0.05, 0.1) is 15.9 Å². The topological polar surface area (TPSA) is 129 Å². The van der Waals surface area contributed by atoms with Crippen molar-refractivity contribution in [3.05, 3.63) is 22.0 Å². The maximum Gasteiger partial charge on any atom is 0.294 e. The summed E-state index contributed by atoms with van der Waals surface area (Å²) in [5.41, 5.74) is 0. The van der Waals surface area contributed by atoms with Crippen molar-refractivity contribution in [1.82, 2.24) is 0 Å². The van der Waals surface area contributed by atoms with Crippen LogP contribution >= 0.6 is 0 Å². The fourth-order valence-corrected chi connectivity index (χ4v) is 2.41. The molecule has 1 aliphatic carbocycles. The Labute approximate surface area is 86.2 Å². The molecular weight excluding hydrogens is 248 g/mol. The Hall–Kier alpha value is -0.740. The number of aliphatic hydroxyl groups excluding tert-OH is 1.